The topological polar surface area (TPSA) is 207 Å². The second-order valence-corrected chi connectivity index (χ2v) is 13.6. The van der Waals surface area contributed by atoms with Gasteiger partial charge in [-0.3, -0.25) is 14.9 Å². The van der Waals surface area contributed by atoms with Gasteiger partial charge in [0, 0.05) is 27.7 Å². The minimum Gasteiger partial charge on any atom is -0.508 e. The van der Waals surface area contributed by atoms with Crippen LogP contribution in [0, 0.1) is 16.0 Å². The first-order valence-corrected chi connectivity index (χ1v) is 16.8. The number of amides is 1. The van der Waals surface area contributed by atoms with Crippen molar-refractivity contribution in [3.8, 4) is 17.1 Å². The summed E-state index contributed by atoms with van der Waals surface area (Å²) in [5.41, 5.74) is 0.947. The van der Waals surface area contributed by atoms with Gasteiger partial charge in [0.2, 0.25) is 21.8 Å². The number of H-pyrrole nitrogens is 1. The Labute approximate surface area is 282 Å². The van der Waals surface area contributed by atoms with Crippen LogP contribution in [0.15, 0.2) is 86.7 Å². The van der Waals surface area contributed by atoms with Crippen LogP contribution < -0.4 is 10.0 Å². The number of carbonyl (C=O) groups excluding carboxylic acids is 2. The number of phenols is 1. The molecule has 0 saturated heterocycles. The number of hydrogen-bond acceptors (Lipinski definition) is 10. The van der Waals surface area contributed by atoms with Gasteiger partial charge >= 0.3 is 5.97 Å². The number of nitro groups is 1. The zero-order chi connectivity index (χ0) is 34.7. The van der Waals surface area contributed by atoms with E-state index in [0.717, 1.165) is 27.5 Å². The fourth-order valence-corrected chi connectivity index (χ4v) is 6.95. The van der Waals surface area contributed by atoms with Gasteiger partial charge in [-0.2, -0.15) is 4.72 Å². The number of para-hydroxylation sites is 2. The number of rotatable bonds is 12. The highest BCUT2D eigenvalue weighted by Gasteiger charge is 2.35. The maximum absolute atomic E-state index is 14.0. The molecule has 0 bridgehead atoms. The van der Waals surface area contributed by atoms with Gasteiger partial charge in [0.15, 0.2) is 16.3 Å². The van der Waals surface area contributed by atoms with E-state index in [1.54, 1.807) is 20.0 Å². The average Bonchev–Trinajstić information content (AvgIpc) is 3.69. The van der Waals surface area contributed by atoms with E-state index in [2.05, 4.69) is 35.9 Å². The van der Waals surface area contributed by atoms with Crippen LogP contribution in [0.25, 0.3) is 22.2 Å². The second kappa shape index (κ2) is 14.0. The van der Waals surface area contributed by atoms with E-state index < -0.39 is 49.5 Å². The highest BCUT2D eigenvalue weighted by molar-refractivity contribution is 9.10. The fourth-order valence-electron chi connectivity index (χ4n) is 5.10. The Morgan fingerprint density at radius 1 is 1.10 bits per heavy atom. The van der Waals surface area contributed by atoms with E-state index >= 15 is 0 Å². The van der Waals surface area contributed by atoms with Crippen LogP contribution in [0.4, 0.5) is 5.69 Å². The molecule has 2 atom stereocenters. The molecule has 0 saturated carbocycles. The first kappa shape index (κ1) is 34.3. The minimum atomic E-state index is -4.61. The summed E-state index contributed by atoms with van der Waals surface area (Å²) in [6.07, 6.45) is 1.46. The minimum absolute atomic E-state index is 0.0382. The first-order valence-electron chi connectivity index (χ1n) is 14.5. The number of aromatic hydroxyl groups is 1. The Bertz CT molecular complexity index is 2110. The number of esters is 1. The summed E-state index contributed by atoms with van der Waals surface area (Å²) in [6, 6.07) is 13.6. The molecule has 5 aromatic rings. The summed E-state index contributed by atoms with van der Waals surface area (Å²) in [5, 5.41) is 24.9. The number of aromatic nitrogens is 2. The monoisotopic (exact) mass is 739 g/mol. The van der Waals surface area contributed by atoms with Crippen LogP contribution in [0.5, 0.6) is 5.75 Å². The number of benzene rings is 3. The Morgan fingerprint density at radius 3 is 2.48 bits per heavy atom. The molecule has 0 spiro atoms. The van der Waals surface area contributed by atoms with Gasteiger partial charge in [-0.05, 0) is 58.1 Å². The van der Waals surface area contributed by atoms with Crippen molar-refractivity contribution < 1.29 is 37.2 Å². The number of hydrogen-bond donors (Lipinski definition) is 4. The number of carbonyl (C=O) groups is 2. The molecule has 2 aromatic heterocycles. The number of nitro benzene ring substituents is 1. The van der Waals surface area contributed by atoms with Crippen molar-refractivity contribution in [2.75, 3.05) is 7.11 Å². The summed E-state index contributed by atoms with van der Waals surface area (Å²) in [7, 11) is -3.41. The zero-order valence-electron chi connectivity index (χ0n) is 25.8. The van der Waals surface area contributed by atoms with Gasteiger partial charge in [-0.25, -0.2) is 18.2 Å². The lowest BCUT2D eigenvalue weighted by Crippen LogP contribution is -2.49. The van der Waals surface area contributed by atoms with Crippen molar-refractivity contribution >= 4 is 54.4 Å². The van der Waals surface area contributed by atoms with Crippen molar-refractivity contribution in [1.82, 2.24) is 20.0 Å². The van der Waals surface area contributed by atoms with Crippen LogP contribution in [-0.2, 0) is 26.0 Å². The lowest BCUT2D eigenvalue weighted by atomic mass is 10.0. The molecular weight excluding hydrogens is 710 g/mol. The standard InChI is InChI=1S/C32H30BrN5O9S/c1-17(2)26(31-36-28(32(41)46-3)29(47-31)21-16-34-27-20(21)7-6-8-22(27)33)35-30(40)23(15-18-11-13-19(39)14-12-18)37-48(44,45)25-10-5-4-9-24(25)38(42)43/h4-14,16-17,23,26,34,37,39H,15H2,1-3H3,(H,35,40)/t23-,26-/m0/s1. The molecule has 0 fully saturated rings. The Balaban J connectivity index is 1.53. The third-order valence-electron chi connectivity index (χ3n) is 7.50. The van der Waals surface area contributed by atoms with Crippen molar-refractivity contribution in [1.29, 1.82) is 0 Å². The van der Waals surface area contributed by atoms with Crippen LogP contribution in [0.1, 0.15) is 41.8 Å². The van der Waals surface area contributed by atoms with Crippen LogP contribution in [-0.4, -0.2) is 53.4 Å². The number of phenolic OH excluding ortho intramolecular Hbond substituents is 1. The fraction of sp³-hybridized carbons (Fsp3) is 0.219. The zero-order valence-corrected chi connectivity index (χ0v) is 28.2. The molecule has 5 rings (SSSR count). The molecule has 0 aliphatic carbocycles. The molecule has 0 aliphatic heterocycles. The quantitative estimate of drug-likeness (QED) is 0.0729. The predicted molar refractivity (Wildman–Crippen MR) is 178 cm³/mol. The molecule has 48 heavy (non-hydrogen) atoms. The normalized spacial score (nSPS) is 12.9. The van der Waals surface area contributed by atoms with Gasteiger partial charge in [-0.15, -0.1) is 0 Å². The van der Waals surface area contributed by atoms with Crippen molar-refractivity contribution in [2.24, 2.45) is 5.92 Å². The Hall–Kier alpha value is -5.06. The van der Waals surface area contributed by atoms with E-state index in [9.17, 15) is 33.2 Å². The predicted octanol–water partition coefficient (Wildman–Crippen LogP) is 5.39. The Morgan fingerprint density at radius 2 is 1.81 bits per heavy atom. The Kier molecular flexibility index (Phi) is 9.98. The molecule has 14 nitrogen and oxygen atoms in total. The lowest BCUT2D eigenvalue weighted by molar-refractivity contribution is -0.387. The second-order valence-electron chi connectivity index (χ2n) is 11.1. The molecule has 0 aliphatic rings. The molecule has 16 heteroatoms. The average molecular weight is 741 g/mol. The molecule has 4 N–H and O–H groups in total. The summed E-state index contributed by atoms with van der Waals surface area (Å²) in [5.74, 6) is -1.95. The number of oxazole rings is 1. The molecule has 0 unspecified atom stereocenters. The first-order chi connectivity index (χ1) is 22.8. The smallest absolute Gasteiger partial charge is 0.360 e. The van der Waals surface area contributed by atoms with E-state index in [0.29, 0.717) is 11.1 Å². The van der Waals surface area contributed by atoms with Crippen molar-refractivity contribution in [3.63, 3.8) is 0 Å². The van der Waals surface area contributed by atoms with Crippen molar-refractivity contribution in [3.05, 3.63) is 105 Å². The largest absolute Gasteiger partial charge is 0.508 e. The summed E-state index contributed by atoms with van der Waals surface area (Å²) < 4.78 is 41.2. The molecule has 2 heterocycles. The third-order valence-corrected chi connectivity index (χ3v) is 9.68. The number of ether oxygens (including phenoxy) is 1. The molecule has 250 valence electrons. The number of nitrogens with one attached hydrogen (secondary N) is 3. The maximum atomic E-state index is 14.0. The van der Waals surface area contributed by atoms with Crippen LogP contribution in [0.2, 0.25) is 0 Å². The van der Waals surface area contributed by atoms with Gasteiger partial charge in [0.1, 0.15) is 17.8 Å². The number of sulfonamides is 1. The summed E-state index contributed by atoms with van der Waals surface area (Å²) in [4.78, 5) is 44.6. The lowest BCUT2D eigenvalue weighted by Gasteiger charge is -2.24. The van der Waals surface area contributed by atoms with Gasteiger partial charge in [0.05, 0.1) is 17.5 Å². The van der Waals surface area contributed by atoms with Gasteiger partial charge in [-0.1, -0.05) is 50.2 Å². The van der Waals surface area contributed by atoms with E-state index in [-0.39, 0.29) is 35.4 Å². The third kappa shape index (κ3) is 7.10. The molecule has 0 radical (unpaired) electrons. The van der Waals surface area contributed by atoms with Crippen LogP contribution >= 0.6 is 15.9 Å². The van der Waals surface area contributed by atoms with Gasteiger partial charge < -0.3 is 24.6 Å². The number of nitrogens with zero attached hydrogens (tertiary/aromatic N) is 2. The van der Waals surface area contributed by atoms with Crippen molar-refractivity contribution in [2.45, 2.75) is 37.2 Å². The molecule has 1 amide bonds. The maximum Gasteiger partial charge on any atom is 0.360 e. The summed E-state index contributed by atoms with van der Waals surface area (Å²) >= 11 is 3.49. The number of fused-ring (bicyclic) bond motifs is 1. The molecule has 3 aromatic carbocycles. The summed E-state index contributed by atoms with van der Waals surface area (Å²) in [6.45, 7) is 3.53. The number of aromatic amines is 1. The highest BCUT2D eigenvalue weighted by atomic mass is 79.9. The number of halogens is 1. The van der Waals surface area contributed by atoms with E-state index in [4.69, 9.17) is 9.15 Å². The highest BCUT2D eigenvalue weighted by Crippen LogP contribution is 2.37. The van der Waals surface area contributed by atoms with Crippen LogP contribution in [0.3, 0.4) is 0 Å². The van der Waals surface area contributed by atoms with E-state index in [1.165, 1.54) is 43.5 Å². The van der Waals surface area contributed by atoms with Gasteiger partial charge in [0.25, 0.3) is 5.69 Å². The number of methoxy groups -OCH3 is 1. The van der Waals surface area contributed by atoms with E-state index in [1.807, 2.05) is 18.2 Å². The SMILES string of the molecule is COC(=O)c1nc([C@@H](NC(=O)[C@H](Cc2ccc(O)cc2)NS(=O)(=O)c2ccccc2[N+](=O)[O-])C(C)C)oc1-c1c[nH]c2c(Br)cccc12. The molecular formula is C32H30BrN5O9S.